The van der Waals surface area contributed by atoms with Gasteiger partial charge < -0.3 is 9.84 Å². The predicted octanol–water partition coefficient (Wildman–Crippen LogP) is 3.20. The summed E-state index contributed by atoms with van der Waals surface area (Å²) in [5.74, 6) is 2.42. The molecule has 1 aromatic rings. The fourth-order valence-electron chi connectivity index (χ4n) is 3.33. The van der Waals surface area contributed by atoms with E-state index in [0.717, 1.165) is 18.4 Å². The first-order chi connectivity index (χ1) is 8.61. The highest BCUT2D eigenvalue weighted by molar-refractivity contribution is 5.32. The number of hydrogen-bond acceptors (Lipinski definition) is 3. The third-order valence-corrected chi connectivity index (χ3v) is 4.02. The molecule has 1 aliphatic carbocycles. The Bertz CT molecular complexity index is 384. The third kappa shape index (κ3) is 2.83. The SMILES string of the molecule is COc1cnccc1C(O)C1CC(C)CC(C)C1. The van der Waals surface area contributed by atoms with Gasteiger partial charge >= 0.3 is 0 Å². The number of hydrogen-bond donors (Lipinski definition) is 1. The second-order valence-electron chi connectivity index (χ2n) is 5.74. The average Bonchev–Trinajstić information content (AvgIpc) is 2.36. The molecule has 0 bridgehead atoms. The maximum Gasteiger partial charge on any atom is 0.142 e. The average molecular weight is 249 g/mol. The third-order valence-electron chi connectivity index (χ3n) is 4.02. The van der Waals surface area contributed by atoms with E-state index < -0.39 is 6.10 Å². The number of aliphatic hydroxyl groups excluding tert-OH is 1. The molecule has 3 unspecified atom stereocenters. The van der Waals surface area contributed by atoms with Crippen LogP contribution >= 0.6 is 0 Å². The lowest BCUT2D eigenvalue weighted by atomic mass is 9.73. The summed E-state index contributed by atoms with van der Waals surface area (Å²) in [6, 6.07) is 1.87. The Balaban J connectivity index is 2.17. The molecule has 100 valence electrons. The van der Waals surface area contributed by atoms with Gasteiger partial charge in [-0.3, -0.25) is 4.98 Å². The summed E-state index contributed by atoms with van der Waals surface area (Å²) in [6.45, 7) is 4.55. The molecule has 3 heteroatoms. The van der Waals surface area contributed by atoms with Crippen molar-refractivity contribution in [3.63, 3.8) is 0 Å². The monoisotopic (exact) mass is 249 g/mol. The van der Waals surface area contributed by atoms with Crippen LogP contribution in [-0.2, 0) is 0 Å². The lowest BCUT2D eigenvalue weighted by molar-refractivity contribution is 0.0533. The van der Waals surface area contributed by atoms with Gasteiger partial charge in [-0.2, -0.15) is 0 Å². The maximum atomic E-state index is 10.6. The van der Waals surface area contributed by atoms with Gasteiger partial charge in [0, 0.05) is 11.8 Å². The molecule has 0 aromatic carbocycles. The summed E-state index contributed by atoms with van der Waals surface area (Å²) >= 11 is 0. The van der Waals surface area contributed by atoms with Crippen LogP contribution < -0.4 is 4.74 Å². The summed E-state index contributed by atoms with van der Waals surface area (Å²) in [4.78, 5) is 4.04. The molecule has 1 aromatic heterocycles. The molecule has 1 saturated carbocycles. The lowest BCUT2D eigenvalue weighted by Gasteiger charge is -2.34. The molecular weight excluding hydrogens is 226 g/mol. The molecule has 3 atom stereocenters. The first-order valence-corrected chi connectivity index (χ1v) is 6.77. The Morgan fingerprint density at radius 1 is 1.28 bits per heavy atom. The van der Waals surface area contributed by atoms with E-state index in [9.17, 15) is 5.11 Å². The van der Waals surface area contributed by atoms with Gasteiger partial charge in [0.25, 0.3) is 0 Å². The van der Waals surface area contributed by atoms with Crippen LogP contribution in [0.3, 0.4) is 0 Å². The molecule has 0 spiro atoms. The van der Waals surface area contributed by atoms with Gasteiger partial charge in [-0.05, 0) is 43.1 Å². The molecule has 0 saturated heterocycles. The van der Waals surface area contributed by atoms with Crippen LogP contribution in [0.1, 0.15) is 44.8 Å². The first kappa shape index (κ1) is 13.3. The Kier molecular flexibility index (Phi) is 4.23. The fourth-order valence-corrected chi connectivity index (χ4v) is 3.33. The molecule has 3 nitrogen and oxygen atoms in total. The van der Waals surface area contributed by atoms with E-state index in [0.29, 0.717) is 23.5 Å². The molecule has 1 N–H and O–H groups in total. The topological polar surface area (TPSA) is 42.4 Å². The first-order valence-electron chi connectivity index (χ1n) is 6.77. The highest BCUT2D eigenvalue weighted by atomic mass is 16.5. The van der Waals surface area contributed by atoms with Crippen LogP contribution in [0.2, 0.25) is 0 Å². The summed E-state index contributed by atoms with van der Waals surface area (Å²) in [5.41, 5.74) is 0.874. The summed E-state index contributed by atoms with van der Waals surface area (Å²) in [5, 5.41) is 10.6. The largest absolute Gasteiger partial charge is 0.495 e. The lowest BCUT2D eigenvalue weighted by Crippen LogP contribution is -2.25. The van der Waals surface area contributed by atoms with Gasteiger partial charge in [-0.1, -0.05) is 13.8 Å². The fraction of sp³-hybridized carbons (Fsp3) is 0.667. The van der Waals surface area contributed by atoms with Crippen molar-refractivity contribution in [3.05, 3.63) is 24.0 Å². The number of pyridine rings is 1. The Morgan fingerprint density at radius 3 is 2.56 bits per heavy atom. The van der Waals surface area contributed by atoms with E-state index in [-0.39, 0.29) is 0 Å². The minimum Gasteiger partial charge on any atom is -0.495 e. The highest BCUT2D eigenvalue weighted by Gasteiger charge is 2.31. The van der Waals surface area contributed by atoms with Crippen molar-refractivity contribution in [2.45, 2.75) is 39.2 Å². The van der Waals surface area contributed by atoms with Gasteiger partial charge in [0.2, 0.25) is 0 Å². The number of aliphatic hydroxyl groups is 1. The van der Waals surface area contributed by atoms with Crippen LogP contribution in [0.4, 0.5) is 0 Å². The summed E-state index contributed by atoms with van der Waals surface area (Å²) in [6.07, 6.45) is 6.42. The van der Waals surface area contributed by atoms with E-state index in [1.54, 1.807) is 19.5 Å². The normalized spacial score (nSPS) is 29.9. The zero-order valence-corrected chi connectivity index (χ0v) is 11.5. The van der Waals surface area contributed by atoms with Crippen LogP contribution in [-0.4, -0.2) is 17.2 Å². The van der Waals surface area contributed by atoms with Gasteiger partial charge in [0.15, 0.2) is 0 Å². The van der Waals surface area contributed by atoms with Crippen molar-refractivity contribution in [2.24, 2.45) is 17.8 Å². The summed E-state index contributed by atoms with van der Waals surface area (Å²) < 4.78 is 5.29. The zero-order valence-electron chi connectivity index (χ0n) is 11.5. The van der Waals surface area contributed by atoms with Crippen LogP contribution in [0.25, 0.3) is 0 Å². The van der Waals surface area contributed by atoms with Crippen LogP contribution in [0.5, 0.6) is 5.75 Å². The van der Waals surface area contributed by atoms with Gasteiger partial charge in [-0.25, -0.2) is 0 Å². The minimum atomic E-state index is -0.437. The maximum absolute atomic E-state index is 10.6. The number of aromatic nitrogens is 1. The molecule has 0 amide bonds. The van der Waals surface area contributed by atoms with Crippen LogP contribution in [0, 0.1) is 17.8 Å². The quantitative estimate of drug-likeness (QED) is 0.894. The van der Waals surface area contributed by atoms with Crippen LogP contribution in [0.15, 0.2) is 18.5 Å². The molecular formula is C15H23NO2. The van der Waals surface area contributed by atoms with E-state index in [1.165, 1.54) is 6.42 Å². The predicted molar refractivity (Wildman–Crippen MR) is 71.4 cm³/mol. The van der Waals surface area contributed by atoms with E-state index in [1.807, 2.05) is 6.07 Å². The van der Waals surface area contributed by atoms with Crippen molar-refractivity contribution < 1.29 is 9.84 Å². The molecule has 1 heterocycles. The minimum absolute atomic E-state index is 0.333. The number of ether oxygens (including phenoxy) is 1. The molecule has 1 aliphatic rings. The molecule has 1 fully saturated rings. The van der Waals surface area contributed by atoms with Crippen molar-refractivity contribution in [2.75, 3.05) is 7.11 Å². The van der Waals surface area contributed by atoms with Gasteiger partial charge in [0.05, 0.1) is 19.4 Å². The van der Waals surface area contributed by atoms with E-state index in [4.69, 9.17) is 4.74 Å². The smallest absolute Gasteiger partial charge is 0.142 e. The standard InChI is InChI=1S/C15H23NO2/c1-10-6-11(2)8-12(7-10)15(17)13-4-5-16-9-14(13)18-3/h4-5,9-12,15,17H,6-8H2,1-3H3. The second-order valence-corrected chi connectivity index (χ2v) is 5.74. The number of methoxy groups -OCH3 is 1. The van der Waals surface area contributed by atoms with Crippen molar-refractivity contribution in [3.8, 4) is 5.75 Å². The summed E-state index contributed by atoms with van der Waals surface area (Å²) in [7, 11) is 1.62. The highest BCUT2D eigenvalue weighted by Crippen LogP contribution is 2.41. The van der Waals surface area contributed by atoms with E-state index in [2.05, 4.69) is 18.8 Å². The zero-order chi connectivity index (χ0) is 13.1. The van der Waals surface area contributed by atoms with Crippen molar-refractivity contribution in [1.82, 2.24) is 4.98 Å². The van der Waals surface area contributed by atoms with E-state index >= 15 is 0 Å². The molecule has 18 heavy (non-hydrogen) atoms. The molecule has 0 aliphatic heterocycles. The van der Waals surface area contributed by atoms with Gasteiger partial charge in [-0.15, -0.1) is 0 Å². The molecule has 0 radical (unpaired) electrons. The Hall–Kier alpha value is -1.09. The van der Waals surface area contributed by atoms with Crippen molar-refractivity contribution in [1.29, 1.82) is 0 Å². The second kappa shape index (κ2) is 5.70. The molecule has 2 rings (SSSR count). The Morgan fingerprint density at radius 2 is 1.94 bits per heavy atom. The van der Waals surface area contributed by atoms with Gasteiger partial charge in [0.1, 0.15) is 5.75 Å². The Labute approximate surface area is 109 Å². The number of nitrogens with zero attached hydrogens (tertiary/aromatic N) is 1. The number of rotatable bonds is 3. The van der Waals surface area contributed by atoms with Crippen molar-refractivity contribution >= 4 is 0 Å².